The molecule has 1 aliphatic rings. The van der Waals surface area contributed by atoms with Crippen molar-refractivity contribution in [2.75, 3.05) is 26.2 Å². The second-order valence-corrected chi connectivity index (χ2v) is 7.30. The van der Waals surface area contributed by atoms with Gasteiger partial charge in [-0.3, -0.25) is 4.98 Å². The predicted octanol–water partition coefficient (Wildman–Crippen LogP) is 3.68. The molecule has 3 heteroatoms. The second kappa shape index (κ2) is 8.43. The number of piperazine rings is 1. The molecule has 0 aliphatic carbocycles. The van der Waals surface area contributed by atoms with Crippen LogP contribution in [-0.4, -0.2) is 42.1 Å². The number of aryl methyl sites for hydroxylation is 1. The summed E-state index contributed by atoms with van der Waals surface area (Å²) in [5.41, 5.74) is 2.77. The van der Waals surface area contributed by atoms with Gasteiger partial charge in [0.15, 0.2) is 0 Å². The Labute approximate surface area is 156 Å². The number of rotatable bonds is 6. The minimum Gasteiger partial charge on any atom is -0.311 e. The van der Waals surface area contributed by atoms with Crippen LogP contribution in [0.1, 0.15) is 17.5 Å². The van der Waals surface area contributed by atoms with Gasteiger partial charge in [0.05, 0.1) is 0 Å². The molecule has 26 heavy (non-hydrogen) atoms. The van der Waals surface area contributed by atoms with Crippen LogP contribution in [0.4, 0.5) is 0 Å². The molecule has 0 spiro atoms. The molecule has 1 fully saturated rings. The predicted molar refractivity (Wildman–Crippen MR) is 108 cm³/mol. The van der Waals surface area contributed by atoms with Gasteiger partial charge in [-0.05, 0) is 53.8 Å². The van der Waals surface area contributed by atoms with Crippen molar-refractivity contribution >= 4 is 10.8 Å². The van der Waals surface area contributed by atoms with E-state index in [0.717, 1.165) is 32.5 Å². The average molecular weight is 345 g/mol. The summed E-state index contributed by atoms with van der Waals surface area (Å²) in [5, 5.41) is 6.37. The first-order chi connectivity index (χ1) is 12.9. The summed E-state index contributed by atoms with van der Waals surface area (Å²) in [6.45, 7) is 4.55. The Morgan fingerprint density at radius 1 is 1.00 bits per heavy atom. The highest BCUT2D eigenvalue weighted by molar-refractivity contribution is 5.83. The summed E-state index contributed by atoms with van der Waals surface area (Å²) in [6.07, 6.45) is 7.25. The van der Waals surface area contributed by atoms with E-state index in [0.29, 0.717) is 6.04 Å². The third-order valence-electron chi connectivity index (χ3n) is 5.30. The Balaban J connectivity index is 1.30. The summed E-state index contributed by atoms with van der Waals surface area (Å²) in [5.74, 6) is 0. The highest BCUT2D eigenvalue weighted by Gasteiger charge is 2.19. The van der Waals surface area contributed by atoms with Crippen LogP contribution in [0, 0.1) is 0 Å². The number of aromatic nitrogens is 1. The van der Waals surface area contributed by atoms with Gasteiger partial charge < -0.3 is 10.2 Å². The van der Waals surface area contributed by atoms with Crippen molar-refractivity contribution in [2.24, 2.45) is 0 Å². The molecule has 1 unspecified atom stereocenters. The SMILES string of the molecule is c1cncc(CCCN2CCNC(Cc3ccc4ccccc4c3)C2)c1. The van der Waals surface area contributed by atoms with Crippen LogP contribution in [-0.2, 0) is 12.8 Å². The topological polar surface area (TPSA) is 28.2 Å². The van der Waals surface area contributed by atoms with Gasteiger partial charge in [0, 0.05) is 38.1 Å². The van der Waals surface area contributed by atoms with Gasteiger partial charge >= 0.3 is 0 Å². The zero-order chi connectivity index (χ0) is 17.6. The molecule has 1 saturated heterocycles. The number of pyridine rings is 1. The van der Waals surface area contributed by atoms with Crippen molar-refractivity contribution in [1.82, 2.24) is 15.2 Å². The molecule has 134 valence electrons. The largest absolute Gasteiger partial charge is 0.311 e. The minimum atomic E-state index is 0.545. The quantitative estimate of drug-likeness (QED) is 0.739. The smallest absolute Gasteiger partial charge is 0.0299 e. The molecular formula is C23H27N3. The van der Waals surface area contributed by atoms with Crippen molar-refractivity contribution in [3.63, 3.8) is 0 Å². The monoisotopic (exact) mass is 345 g/mol. The number of nitrogens with one attached hydrogen (secondary N) is 1. The molecule has 2 aromatic carbocycles. The van der Waals surface area contributed by atoms with Crippen LogP contribution in [0.25, 0.3) is 10.8 Å². The fourth-order valence-corrected chi connectivity index (χ4v) is 3.94. The molecule has 3 aromatic rings. The van der Waals surface area contributed by atoms with E-state index in [-0.39, 0.29) is 0 Å². The first-order valence-corrected chi connectivity index (χ1v) is 9.69. The Hall–Kier alpha value is -2.23. The number of hydrogen-bond acceptors (Lipinski definition) is 3. The minimum absolute atomic E-state index is 0.545. The van der Waals surface area contributed by atoms with E-state index in [9.17, 15) is 0 Å². The molecular weight excluding hydrogens is 318 g/mol. The van der Waals surface area contributed by atoms with Crippen molar-refractivity contribution in [1.29, 1.82) is 0 Å². The van der Waals surface area contributed by atoms with Gasteiger partial charge in [-0.2, -0.15) is 0 Å². The average Bonchev–Trinajstić information content (AvgIpc) is 2.69. The first kappa shape index (κ1) is 17.2. The normalized spacial score (nSPS) is 18.2. The second-order valence-electron chi connectivity index (χ2n) is 7.30. The lowest BCUT2D eigenvalue weighted by molar-refractivity contribution is 0.197. The molecule has 4 rings (SSSR count). The third kappa shape index (κ3) is 4.48. The van der Waals surface area contributed by atoms with E-state index in [1.165, 1.54) is 34.9 Å². The van der Waals surface area contributed by atoms with Gasteiger partial charge in [-0.25, -0.2) is 0 Å². The Morgan fingerprint density at radius 2 is 1.92 bits per heavy atom. The van der Waals surface area contributed by atoms with Gasteiger partial charge in [0.2, 0.25) is 0 Å². The van der Waals surface area contributed by atoms with Crippen LogP contribution < -0.4 is 5.32 Å². The Kier molecular flexibility index (Phi) is 5.58. The lowest BCUT2D eigenvalue weighted by Crippen LogP contribution is -2.51. The summed E-state index contributed by atoms with van der Waals surface area (Å²) < 4.78 is 0. The van der Waals surface area contributed by atoms with Crippen molar-refractivity contribution in [3.8, 4) is 0 Å². The molecule has 1 N–H and O–H groups in total. The maximum absolute atomic E-state index is 4.21. The summed E-state index contributed by atoms with van der Waals surface area (Å²) in [7, 11) is 0. The Bertz CT molecular complexity index is 831. The number of hydrogen-bond donors (Lipinski definition) is 1. The van der Waals surface area contributed by atoms with Crippen molar-refractivity contribution in [2.45, 2.75) is 25.3 Å². The molecule has 0 bridgehead atoms. The van der Waals surface area contributed by atoms with Crippen molar-refractivity contribution < 1.29 is 0 Å². The van der Waals surface area contributed by atoms with Crippen LogP contribution >= 0.6 is 0 Å². The number of fused-ring (bicyclic) bond motifs is 1. The highest BCUT2D eigenvalue weighted by atomic mass is 15.2. The molecule has 2 heterocycles. The van der Waals surface area contributed by atoms with Crippen LogP contribution in [0.15, 0.2) is 67.0 Å². The van der Waals surface area contributed by atoms with E-state index in [2.05, 4.69) is 63.7 Å². The molecule has 1 atom stereocenters. The molecule has 0 saturated carbocycles. The number of nitrogens with zero attached hydrogens (tertiary/aromatic N) is 2. The standard InChI is InChI=1S/C23H27N3/c1-2-8-22-15-20(9-10-21(22)7-1)16-23-18-26(14-12-25-23)13-4-6-19-5-3-11-24-17-19/h1-3,5,7-11,15,17,23,25H,4,6,12-14,16,18H2. The fourth-order valence-electron chi connectivity index (χ4n) is 3.94. The van der Waals surface area contributed by atoms with Gasteiger partial charge in [0.1, 0.15) is 0 Å². The van der Waals surface area contributed by atoms with E-state index in [1.807, 2.05) is 18.5 Å². The van der Waals surface area contributed by atoms with Crippen LogP contribution in [0.3, 0.4) is 0 Å². The fraction of sp³-hybridized carbons (Fsp3) is 0.348. The van der Waals surface area contributed by atoms with Gasteiger partial charge in [-0.15, -0.1) is 0 Å². The van der Waals surface area contributed by atoms with Crippen LogP contribution in [0.2, 0.25) is 0 Å². The van der Waals surface area contributed by atoms with Crippen LogP contribution in [0.5, 0.6) is 0 Å². The Morgan fingerprint density at radius 3 is 2.81 bits per heavy atom. The maximum atomic E-state index is 4.21. The molecule has 0 radical (unpaired) electrons. The van der Waals surface area contributed by atoms with E-state index >= 15 is 0 Å². The lowest BCUT2D eigenvalue weighted by Gasteiger charge is -2.34. The van der Waals surface area contributed by atoms with E-state index in [4.69, 9.17) is 0 Å². The summed E-state index contributed by atoms with van der Waals surface area (Å²) in [6, 6.07) is 20.2. The summed E-state index contributed by atoms with van der Waals surface area (Å²) in [4.78, 5) is 6.82. The lowest BCUT2D eigenvalue weighted by atomic mass is 10.0. The molecule has 1 aliphatic heterocycles. The zero-order valence-electron chi connectivity index (χ0n) is 15.3. The summed E-state index contributed by atoms with van der Waals surface area (Å²) >= 11 is 0. The zero-order valence-corrected chi connectivity index (χ0v) is 15.3. The third-order valence-corrected chi connectivity index (χ3v) is 5.30. The highest BCUT2D eigenvalue weighted by Crippen LogP contribution is 2.17. The molecule has 3 nitrogen and oxygen atoms in total. The molecule has 0 amide bonds. The maximum Gasteiger partial charge on any atom is 0.0299 e. The van der Waals surface area contributed by atoms with E-state index < -0.39 is 0 Å². The van der Waals surface area contributed by atoms with Gasteiger partial charge in [-0.1, -0.05) is 48.5 Å². The van der Waals surface area contributed by atoms with E-state index in [1.54, 1.807) is 0 Å². The first-order valence-electron chi connectivity index (χ1n) is 9.69. The van der Waals surface area contributed by atoms with Crippen molar-refractivity contribution in [3.05, 3.63) is 78.1 Å². The van der Waals surface area contributed by atoms with Gasteiger partial charge in [0.25, 0.3) is 0 Å². The molecule has 1 aromatic heterocycles. The number of benzene rings is 2.